The first-order valence-corrected chi connectivity index (χ1v) is 4.47. The molecule has 0 amide bonds. The van der Waals surface area contributed by atoms with Gasteiger partial charge in [0.25, 0.3) is 0 Å². The third kappa shape index (κ3) is 2.19. The van der Waals surface area contributed by atoms with E-state index in [0.717, 1.165) is 5.69 Å². The monoisotopic (exact) mass is 191 g/mol. The van der Waals surface area contributed by atoms with E-state index >= 15 is 0 Å². The largest absolute Gasteiger partial charge is 0.294 e. The van der Waals surface area contributed by atoms with Gasteiger partial charge < -0.3 is 0 Å². The zero-order chi connectivity index (χ0) is 10.7. The van der Waals surface area contributed by atoms with Gasteiger partial charge in [0, 0.05) is 19.7 Å². The van der Waals surface area contributed by atoms with Crippen molar-refractivity contribution in [3.05, 3.63) is 17.5 Å². The van der Waals surface area contributed by atoms with E-state index in [9.17, 15) is 4.79 Å². The maximum absolute atomic E-state index is 11.6. The van der Waals surface area contributed by atoms with Gasteiger partial charge in [-0.25, -0.2) is 0 Å². The summed E-state index contributed by atoms with van der Waals surface area (Å²) in [6.07, 6.45) is 1.96. The average molecular weight is 191 g/mol. The second kappa shape index (κ2) is 4.05. The highest BCUT2D eigenvalue weighted by Gasteiger charge is 2.15. The molecule has 0 aliphatic heterocycles. The summed E-state index contributed by atoms with van der Waals surface area (Å²) in [5, 5.41) is 12.7. The standard InChI is InChI=1S/C10H13N3O/c1-7(5-11)4-10(14)9-6-13(3)12-8(9)2/h6-7H,4H2,1-3H3. The molecule has 1 rings (SSSR count). The summed E-state index contributed by atoms with van der Waals surface area (Å²) in [4.78, 5) is 11.6. The summed E-state index contributed by atoms with van der Waals surface area (Å²) in [5.74, 6) is -0.244. The van der Waals surface area contributed by atoms with E-state index in [4.69, 9.17) is 5.26 Å². The van der Waals surface area contributed by atoms with Crippen LogP contribution in [0.1, 0.15) is 29.4 Å². The van der Waals surface area contributed by atoms with E-state index in [1.54, 1.807) is 31.8 Å². The van der Waals surface area contributed by atoms with Gasteiger partial charge in [0.1, 0.15) is 0 Å². The Bertz CT molecular complexity index is 387. The Morgan fingerprint density at radius 2 is 2.43 bits per heavy atom. The molecule has 0 aliphatic rings. The summed E-state index contributed by atoms with van der Waals surface area (Å²) in [5.41, 5.74) is 1.34. The quantitative estimate of drug-likeness (QED) is 0.679. The van der Waals surface area contributed by atoms with Crippen LogP contribution in [0.5, 0.6) is 0 Å². The highest BCUT2D eigenvalue weighted by molar-refractivity contribution is 5.97. The smallest absolute Gasteiger partial charge is 0.167 e. The van der Waals surface area contributed by atoms with Crippen molar-refractivity contribution in [1.29, 1.82) is 5.26 Å². The predicted octanol–water partition coefficient (Wildman–Crippen LogP) is 1.46. The fraction of sp³-hybridized carbons (Fsp3) is 0.500. The second-order valence-electron chi connectivity index (χ2n) is 3.46. The van der Waals surface area contributed by atoms with Crippen LogP contribution in [-0.4, -0.2) is 15.6 Å². The number of carbonyl (C=O) groups is 1. The summed E-state index contributed by atoms with van der Waals surface area (Å²) in [6.45, 7) is 3.54. The number of carbonyl (C=O) groups excluding carboxylic acids is 1. The Hall–Kier alpha value is -1.63. The molecule has 0 bridgehead atoms. The topological polar surface area (TPSA) is 58.7 Å². The Morgan fingerprint density at radius 1 is 1.79 bits per heavy atom. The molecule has 14 heavy (non-hydrogen) atoms. The Morgan fingerprint density at radius 3 is 2.86 bits per heavy atom. The lowest BCUT2D eigenvalue weighted by Crippen LogP contribution is -2.04. The molecule has 0 radical (unpaired) electrons. The van der Waals surface area contributed by atoms with Gasteiger partial charge in [-0.1, -0.05) is 0 Å². The van der Waals surface area contributed by atoms with E-state index in [1.165, 1.54) is 0 Å². The van der Waals surface area contributed by atoms with E-state index in [2.05, 4.69) is 5.10 Å². The molecule has 74 valence electrons. The van der Waals surface area contributed by atoms with Gasteiger partial charge in [-0.15, -0.1) is 0 Å². The number of ketones is 1. The SMILES string of the molecule is Cc1nn(C)cc1C(=O)CC(C)C#N. The van der Waals surface area contributed by atoms with Gasteiger partial charge in [0.2, 0.25) is 0 Å². The molecule has 1 unspecified atom stereocenters. The van der Waals surface area contributed by atoms with Gasteiger partial charge >= 0.3 is 0 Å². The molecule has 1 aromatic heterocycles. The number of rotatable bonds is 3. The minimum atomic E-state index is -0.234. The van der Waals surface area contributed by atoms with Crippen molar-refractivity contribution in [2.24, 2.45) is 13.0 Å². The summed E-state index contributed by atoms with van der Waals surface area (Å²) in [7, 11) is 1.78. The molecule has 1 aromatic rings. The van der Waals surface area contributed by atoms with Gasteiger partial charge in [-0.05, 0) is 13.8 Å². The third-order valence-corrected chi connectivity index (χ3v) is 2.03. The van der Waals surface area contributed by atoms with E-state index in [-0.39, 0.29) is 18.1 Å². The molecule has 0 saturated heterocycles. The molecule has 0 N–H and O–H groups in total. The van der Waals surface area contributed by atoms with Gasteiger partial charge in [0.05, 0.1) is 23.2 Å². The van der Waals surface area contributed by atoms with Crippen LogP contribution in [-0.2, 0) is 7.05 Å². The number of hydrogen-bond acceptors (Lipinski definition) is 3. The normalized spacial score (nSPS) is 12.1. The van der Waals surface area contributed by atoms with Crippen LogP contribution in [0, 0.1) is 24.2 Å². The molecule has 0 aliphatic carbocycles. The molecule has 0 fully saturated rings. The first kappa shape index (κ1) is 10.5. The van der Waals surface area contributed by atoms with E-state index in [0.29, 0.717) is 5.56 Å². The molecular weight excluding hydrogens is 178 g/mol. The van der Waals surface area contributed by atoms with Crippen molar-refractivity contribution in [3.63, 3.8) is 0 Å². The molecule has 0 saturated carbocycles. The van der Waals surface area contributed by atoms with Crippen LogP contribution in [0.4, 0.5) is 0 Å². The summed E-state index contributed by atoms with van der Waals surface area (Å²) < 4.78 is 1.61. The van der Waals surface area contributed by atoms with Crippen molar-refractivity contribution >= 4 is 5.78 Å². The highest BCUT2D eigenvalue weighted by atomic mass is 16.1. The molecule has 4 heteroatoms. The van der Waals surface area contributed by atoms with E-state index in [1.807, 2.05) is 6.07 Å². The number of aryl methyl sites for hydroxylation is 2. The molecular formula is C10H13N3O. The third-order valence-electron chi connectivity index (χ3n) is 2.03. The lowest BCUT2D eigenvalue weighted by Gasteiger charge is -1.99. The van der Waals surface area contributed by atoms with Gasteiger partial charge in [0.15, 0.2) is 5.78 Å². The van der Waals surface area contributed by atoms with Crippen LogP contribution in [0.2, 0.25) is 0 Å². The number of nitrogens with zero attached hydrogens (tertiary/aromatic N) is 3. The molecule has 1 heterocycles. The molecule has 0 aromatic carbocycles. The fourth-order valence-electron chi connectivity index (χ4n) is 1.31. The van der Waals surface area contributed by atoms with Gasteiger partial charge in [-0.2, -0.15) is 10.4 Å². The van der Waals surface area contributed by atoms with Crippen molar-refractivity contribution in [2.45, 2.75) is 20.3 Å². The fourth-order valence-corrected chi connectivity index (χ4v) is 1.31. The van der Waals surface area contributed by atoms with Crippen molar-refractivity contribution in [2.75, 3.05) is 0 Å². The van der Waals surface area contributed by atoms with Crippen molar-refractivity contribution < 1.29 is 4.79 Å². The van der Waals surface area contributed by atoms with Crippen molar-refractivity contribution in [3.8, 4) is 6.07 Å². The van der Waals surface area contributed by atoms with Crippen molar-refractivity contribution in [1.82, 2.24) is 9.78 Å². The number of aromatic nitrogens is 2. The summed E-state index contributed by atoms with van der Waals surface area (Å²) >= 11 is 0. The van der Waals surface area contributed by atoms with Crippen LogP contribution in [0.25, 0.3) is 0 Å². The van der Waals surface area contributed by atoms with E-state index < -0.39 is 0 Å². The number of nitriles is 1. The highest BCUT2D eigenvalue weighted by Crippen LogP contribution is 2.11. The van der Waals surface area contributed by atoms with Crippen LogP contribution in [0.3, 0.4) is 0 Å². The van der Waals surface area contributed by atoms with Crippen LogP contribution in [0.15, 0.2) is 6.20 Å². The molecule has 4 nitrogen and oxygen atoms in total. The lowest BCUT2D eigenvalue weighted by molar-refractivity contribution is 0.0972. The first-order chi connectivity index (χ1) is 6.54. The lowest BCUT2D eigenvalue weighted by atomic mass is 10.0. The first-order valence-electron chi connectivity index (χ1n) is 4.47. The zero-order valence-electron chi connectivity index (χ0n) is 8.61. The average Bonchev–Trinajstić information content (AvgIpc) is 2.45. The maximum Gasteiger partial charge on any atom is 0.167 e. The Balaban J connectivity index is 2.80. The molecule has 1 atom stereocenters. The Kier molecular flexibility index (Phi) is 3.03. The number of Topliss-reactive ketones (excluding diaryl/α,β-unsaturated/α-hetero) is 1. The minimum Gasteiger partial charge on any atom is -0.294 e. The number of hydrogen-bond donors (Lipinski definition) is 0. The second-order valence-corrected chi connectivity index (χ2v) is 3.46. The van der Waals surface area contributed by atoms with Crippen LogP contribution >= 0.6 is 0 Å². The maximum atomic E-state index is 11.6. The van der Waals surface area contributed by atoms with Gasteiger partial charge in [-0.3, -0.25) is 9.48 Å². The Labute approximate surface area is 83.1 Å². The zero-order valence-corrected chi connectivity index (χ0v) is 8.61. The minimum absolute atomic E-state index is 0.00958. The molecule has 0 spiro atoms. The summed E-state index contributed by atoms with van der Waals surface area (Å²) in [6, 6.07) is 2.04. The predicted molar refractivity (Wildman–Crippen MR) is 51.7 cm³/mol. The van der Waals surface area contributed by atoms with Crippen LogP contribution < -0.4 is 0 Å².